The number of carbonyl (C=O) groups excluding carboxylic acids is 1. The Morgan fingerprint density at radius 2 is 1.92 bits per heavy atom. The van der Waals surface area contributed by atoms with E-state index in [2.05, 4.69) is 45.0 Å². The zero-order valence-corrected chi connectivity index (χ0v) is 22.2. The van der Waals surface area contributed by atoms with Gasteiger partial charge in [-0.15, -0.1) is 5.48 Å². The molecular weight excluding hydrogens is 486 g/mol. The van der Waals surface area contributed by atoms with Crippen LogP contribution in [-0.4, -0.2) is 36.8 Å². The van der Waals surface area contributed by atoms with Crippen molar-refractivity contribution in [3.63, 3.8) is 0 Å². The van der Waals surface area contributed by atoms with Crippen molar-refractivity contribution in [1.29, 1.82) is 0 Å². The van der Waals surface area contributed by atoms with Crippen LogP contribution < -0.4 is 21.4 Å². The van der Waals surface area contributed by atoms with Gasteiger partial charge in [-0.05, 0) is 57.3 Å². The lowest BCUT2D eigenvalue weighted by molar-refractivity contribution is 0.120. The molecule has 204 valence electrons. The van der Waals surface area contributed by atoms with E-state index in [-0.39, 0.29) is 12.1 Å². The molecule has 0 radical (unpaired) electrons. The van der Waals surface area contributed by atoms with Crippen LogP contribution in [0.25, 0.3) is 11.2 Å². The minimum absolute atomic E-state index is 0.138. The molecule has 1 saturated heterocycles. The summed E-state index contributed by atoms with van der Waals surface area (Å²) in [5.41, 5.74) is 4.11. The zero-order valence-electron chi connectivity index (χ0n) is 22.2. The van der Waals surface area contributed by atoms with E-state index in [9.17, 15) is 4.79 Å². The largest absolute Gasteiger partial charge is 0.427 e. The number of amides is 1. The first-order valence-electron chi connectivity index (χ1n) is 13.9. The summed E-state index contributed by atoms with van der Waals surface area (Å²) in [5.74, 6) is 4.50. The van der Waals surface area contributed by atoms with E-state index in [0.717, 1.165) is 29.6 Å². The highest BCUT2D eigenvalue weighted by atomic mass is 16.7. The van der Waals surface area contributed by atoms with Gasteiger partial charge in [0.2, 0.25) is 5.95 Å². The second-order valence-corrected chi connectivity index (χ2v) is 11.3. The van der Waals surface area contributed by atoms with Gasteiger partial charge in [0.15, 0.2) is 29.2 Å². The highest BCUT2D eigenvalue weighted by molar-refractivity contribution is 5.86. The topological polar surface area (TPSA) is 144 Å². The summed E-state index contributed by atoms with van der Waals surface area (Å²) in [4.78, 5) is 31.3. The zero-order chi connectivity index (χ0) is 26.2. The predicted molar refractivity (Wildman–Crippen MR) is 141 cm³/mol. The Balaban J connectivity index is 1.42. The van der Waals surface area contributed by atoms with Gasteiger partial charge in [0.05, 0.1) is 12.2 Å². The van der Waals surface area contributed by atoms with E-state index in [1.54, 1.807) is 6.20 Å². The molecule has 6 rings (SSSR count). The van der Waals surface area contributed by atoms with Crippen molar-refractivity contribution in [2.24, 2.45) is 17.8 Å². The third-order valence-electron chi connectivity index (χ3n) is 8.44. The van der Waals surface area contributed by atoms with Gasteiger partial charge in [0, 0.05) is 18.7 Å². The quantitative estimate of drug-likeness (QED) is 0.313. The maximum absolute atomic E-state index is 11.7. The summed E-state index contributed by atoms with van der Waals surface area (Å²) in [7, 11) is 0. The predicted octanol–water partition coefficient (Wildman–Crippen LogP) is 4.66. The second-order valence-electron chi connectivity index (χ2n) is 11.3. The Bertz CT molecular complexity index is 1260. The first-order chi connectivity index (χ1) is 18.4. The standard InChI is InChI=1S/C26H37N9O3/c1-14-7-9-17(10-8-14)13-35-20-21(28-15(2)18-5-4-6-18)30-23(24-33-26(36)38-34-24)31-22(20)32-25(35)29-16(3)19-11-12-27-37-19/h11-12,14-18,24,34H,4-10,13H2,1-3H3,(H,33,36)(H2,28,29,30,31,32)/t14?,15-,16?,17?,24?/m1/s1. The van der Waals surface area contributed by atoms with Crippen LogP contribution in [0.5, 0.6) is 0 Å². The van der Waals surface area contributed by atoms with Crippen LogP contribution in [0, 0.1) is 17.8 Å². The van der Waals surface area contributed by atoms with Crippen LogP contribution in [0.4, 0.5) is 16.6 Å². The molecule has 0 aromatic carbocycles. The summed E-state index contributed by atoms with van der Waals surface area (Å²) < 4.78 is 7.64. The Morgan fingerprint density at radius 1 is 1.11 bits per heavy atom. The molecule has 3 aliphatic rings. The van der Waals surface area contributed by atoms with Gasteiger partial charge in [0.1, 0.15) is 5.52 Å². The number of imidazole rings is 1. The lowest BCUT2D eigenvalue weighted by atomic mass is 9.80. The molecule has 12 nitrogen and oxygen atoms in total. The molecule has 4 N–H and O–H groups in total. The molecule has 2 saturated carbocycles. The van der Waals surface area contributed by atoms with E-state index in [1.165, 1.54) is 44.9 Å². The van der Waals surface area contributed by atoms with E-state index in [1.807, 2.05) is 13.0 Å². The number of carbonyl (C=O) groups is 1. The number of aromatic nitrogens is 5. The number of nitrogens with one attached hydrogen (secondary N) is 4. The molecule has 3 atom stereocenters. The summed E-state index contributed by atoms with van der Waals surface area (Å²) in [6.07, 6.45) is 8.99. The van der Waals surface area contributed by atoms with E-state index in [4.69, 9.17) is 24.3 Å². The minimum Gasteiger partial charge on any atom is -0.365 e. The molecule has 12 heteroatoms. The van der Waals surface area contributed by atoms with Crippen molar-refractivity contribution < 1.29 is 14.2 Å². The number of rotatable bonds is 9. The molecule has 3 aromatic heterocycles. The molecular formula is C26H37N9O3. The Hall–Kier alpha value is -3.41. The molecule has 0 spiro atoms. The number of fused-ring (bicyclic) bond motifs is 1. The number of nitrogens with zero attached hydrogens (tertiary/aromatic N) is 5. The third kappa shape index (κ3) is 5.01. The van der Waals surface area contributed by atoms with Gasteiger partial charge >= 0.3 is 6.09 Å². The van der Waals surface area contributed by atoms with Gasteiger partial charge in [-0.25, -0.2) is 14.8 Å². The Kier molecular flexibility index (Phi) is 6.81. The van der Waals surface area contributed by atoms with Crippen molar-refractivity contribution >= 4 is 29.0 Å². The highest BCUT2D eigenvalue weighted by Crippen LogP contribution is 2.36. The van der Waals surface area contributed by atoms with Crippen LogP contribution in [0.3, 0.4) is 0 Å². The van der Waals surface area contributed by atoms with Gasteiger partial charge in [-0.2, -0.15) is 4.98 Å². The summed E-state index contributed by atoms with van der Waals surface area (Å²) in [6, 6.07) is 1.97. The third-order valence-corrected chi connectivity index (χ3v) is 8.44. The SMILES string of the molecule is CC1CCC(Cn2c(NC(C)c3ccno3)nc3nc(C4NOC(=O)N4)nc(N[C@H](C)C4CCC4)c32)CC1. The number of hydrogen-bond donors (Lipinski definition) is 4. The Morgan fingerprint density at radius 3 is 2.58 bits per heavy atom. The molecule has 3 aromatic rings. The van der Waals surface area contributed by atoms with Gasteiger partial charge < -0.3 is 24.6 Å². The van der Waals surface area contributed by atoms with Crippen LogP contribution >= 0.6 is 0 Å². The number of anilines is 2. The average molecular weight is 524 g/mol. The molecule has 2 aliphatic carbocycles. The molecule has 2 unspecified atom stereocenters. The molecule has 1 amide bonds. The molecule has 4 heterocycles. The highest BCUT2D eigenvalue weighted by Gasteiger charge is 2.31. The molecule has 3 fully saturated rings. The van der Waals surface area contributed by atoms with Crippen molar-refractivity contribution in [3.05, 3.63) is 23.8 Å². The van der Waals surface area contributed by atoms with E-state index >= 15 is 0 Å². The smallest absolute Gasteiger partial charge is 0.365 e. The van der Waals surface area contributed by atoms with Crippen molar-refractivity contribution in [3.8, 4) is 0 Å². The Labute approximate surface area is 221 Å². The first kappa shape index (κ1) is 24.9. The van der Waals surface area contributed by atoms with Gasteiger partial charge in [-0.3, -0.25) is 5.32 Å². The van der Waals surface area contributed by atoms with Crippen LogP contribution in [0.15, 0.2) is 16.8 Å². The fourth-order valence-corrected chi connectivity index (χ4v) is 5.73. The summed E-state index contributed by atoms with van der Waals surface area (Å²) in [5, 5.41) is 13.8. The maximum Gasteiger partial charge on any atom is 0.427 e. The normalized spacial score (nSPS) is 25.4. The van der Waals surface area contributed by atoms with Gasteiger partial charge in [-0.1, -0.05) is 31.3 Å². The number of hydrogen-bond acceptors (Lipinski definition) is 10. The monoisotopic (exact) mass is 523 g/mol. The average Bonchev–Trinajstić information content (AvgIpc) is 3.60. The maximum atomic E-state index is 11.7. The fraction of sp³-hybridized carbons (Fsp3) is 0.654. The minimum atomic E-state index is -0.652. The van der Waals surface area contributed by atoms with E-state index in [0.29, 0.717) is 29.3 Å². The number of hydroxylamine groups is 1. The molecule has 38 heavy (non-hydrogen) atoms. The summed E-state index contributed by atoms with van der Waals surface area (Å²) in [6.45, 7) is 7.40. The van der Waals surface area contributed by atoms with Crippen LogP contribution in [0.2, 0.25) is 0 Å². The van der Waals surface area contributed by atoms with Crippen molar-refractivity contribution in [1.82, 2.24) is 35.5 Å². The van der Waals surface area contributed by atoms with Crippen molar-refractivity contribution in [2.75, 3.05) is 10.6 Å². The second kappa shape index (κ2) is 10.4. The fourth-order valence-electron chi connectivity index (χ4n) is 5.73. The van der Waals surface area contributed by atoms with Crippen LogP contribution in [0.1, 0.15) is 89.5 Å². The van der Waals surface area contributed by atoms with Crippen molar-refractivity contribution in [2.45, 2.75) is 90.5 Å². The summed E-state index contributed by atoms with van der Waals surface area (Å²) >= 11 is 0. The van der Waals surface area contributed by atoms with Crippen LogP contribution in [-0.2, 0) is 11.4 Å². The van der Waals surface area contributed by atoms with Gasteiger partial charge in [0.25, 0.3) is 0 Å². The van der Waals surface area contributed by atoms with E-state index < -0.39 is 12.3 Å². The molecule has 0 bridgehead atoms. The first-order valence-corrected chi connectivity index (χ1v) is 13.9. The molecule has 1 aliphatic heterocycles. The lowest BCUT2D eigenvalue weighted by Gasteiger charge is -2.32. The lowest BCUT2D eigenvalue weighted by Crippen LogP contribution is -2.32.